The minimum atomic E-state index is -0.448. The van der Waals surface area contributed by atoms with Crippen molar-refractivity contribution in [2.75, 3.05) is 12.4 Å². The van der Waals surface area contributed by atoms with E-state index in [1.54, 1.807) is 6.92 Å². The van der Waals surface area contributed by atoms with E-state index >= 15 is 0 Å². The summed E-state index contributed by atoms with van der Waals surface area (Å²) >= 11 is 6.02. The van der Waals surface area contributed by atoms with E-state index in [1.807, 2.05) is 0 Å². The number of imidazole rings is 1. The van der Waals surface area contributed by atoms with Gasteiger partial charge in [-0.15, -0.1) is 0 Å². The zero-order chi connectivity index (χ0) is 21.8. The summed E-state index contributed by atoms with van der Waals surface area (Å²) in [7, 11) is 1.46. The third-order valence-electron chi connectivity index (χ3n) is 5.25. The van der Waals surface area contributed by atoms with Crippen LogP contribution in [-0.2, 0) is 4.79 Å². The average molecular weight is 436 g/mol. The van der Waals surface area contributed by atoms with Crippen molar-refractivity contribution in [3.05, 3.63) is 46.3 Å². The number of amides is 3. The lowest BCUT2D eigenvalue weighted by atomic mass is 9.85. The van der Waals surface area contributed by atoms with Crippen molar-refractivity contribution in [3.63, 3.8) is 0 Å². The van der Waals surface area contributed by atoms with Crippen LogP contribution in [0.15, 0.2) is 18.5 Å². The Kier molecular flexibility index (Phi) is 6.71. The van der Waals surface area contributed by atoms with Gasteiger partial charge in [0.2, 0.25) is 5.91 Å². The summed E-state index contributed by atoms with van der Waals surface area (Å²) in [6.07, 6.45) is 3.69. The molecule has 3 amide bonds. The molecule has 1 aliphatic rings. The van der Waals surface area contributed by atoms with Gasteiger partial charge in [-0.05, 0) is 50.3 Å². The van der Waals surface area contributed by atoms with E-state index in [0.717, 1.165) is 0 Å². The van der Waals surface area contributed by atoms with Crippen molar-refractivity contribution < 1.29 is 18.8 Å². The summed E-state index contributed by atoms with van der Waals surface area (Å²) < 4.78 is 13.5. The fraction of sp³-hybridized carbons (Fsp3) is 0.400. The minimum absolute atomic E-state index is 0.0366. The molecule has 1 fully saturated rings. The number of aromatic nitrogens is 2. The molecule has 4 N–H and O–H groups in total. The lowest BCUT2D eigenvalue weighted by molar-refractivity contribution is -0.120. The highest BCUT2D eigenvalue weighted by molar-refractivity contribution is 6.33. The Bertz CT molecular complexity index is 969. The normalized spacial score (nSPS) is 18.5. The summed E-state index contributed by atoms with van der Waals surface area (Å²) in [5.41, 5.74) is 0.929. The van der Waals surface area contributed by atoms with Gasteiger partial charge in [0.1, 0.15) is 11.5 Å². The van der Waals surface area contributed by atoms with Gasteiger partial charge in [-0.3, -0.25) is 14.4 Å². The van der Waals surface area contributed by atoms with Gasteiger partial charge in [0.15, 0.2) is 5.69 Å². The van der Waals surface area contributed by atoms with Crippen LogP contribution in [0.2, 0.25) is 5.02 Å². The number of nitrogens with one attached hydrogen (secondary N) is 4. The monoisotopic (exact) mass is 435 g/mol. The minimum Gasteiger partial charge on any atom is -0.354 e. The zero-order valence-corrected chi connectivity index (χ0v) is 17.4. The second-order valence-corrected chi connectivity index (χ2v) is 7.70. The van der Waals surface area contributed by atoms with Crippen LogP contribution in [0.5, 0.6) is 0 Å². The van der Waals surface area contributed by atoms with Crippen LogP contribution < -0.4 is 16.0 Å². The number of anilines is 1. The van der Waals surface area contributed by atoms with Crippen LogP contribution >= 0.6 is 11.6 Å². The van der Waals surface area contributed by atoms with Crippen LogP contribution in [-0.4, -0.2) is 40.8 Å². The Hall–Kier alpha value is -2.94. The number of nitrogens with zero attached hydrogens (tertiary/aromatic N) is 1. The second kappa shape index (κ2) is 9.25. The maximum absolute atomic E-state index is 13.5. The molecule has 8 nitrogen and oxygen atoms in total. The number of benzene rings is 1. The molecule has 160 valence electrons. The van der Waals surface area contributed by atoms with Crippen molar-refractivity contribution in [2.45, 2.75) is 38.6 Å². The molecule has 0 aliphatic heterocycles. The highest BCUT2D eigenvalue weighted by Crippen LogP contribution is 2.29. The fourth-order valence-electron chi connectivity index (χ4n) is 3.50. The fourth-order valence-corrected chi connectivity index (χ4v) is 3.70. The van der Waals surface area contributed by atoms with Gasteiger partial charge in [-0.25, -0.2) is 9.37 Å². The lowest BCUT2D eigenvalue weighted by Gasteiger charge is -2.28. The molecule has 1 saturated carbocycles. The van der Waals surface area contributed by atoms with E-state index < -0.39 is 17.6 Å². The van der Waals surface area contributed by atoms with E-state index in [1.165, 1.54) is 25.5 Å². The molecule has 2 aromatic rings. The smallest absolute Gasteiger partial charge is 0.272 e. The highest BCUT2D eigenvalue weighted by atomic mass is 35.5. The Morgan fingerprint density at radius 3 is 2.53 bits per heavy atom. The number of hydrogen-bond acceptors (Lipinski definition) is 4. The predicted octanol–water partition coefficient (Wildman–Crippen LogP) is 2.80. The Labute approximate surface area is 178 Å². The third kappa shape index (κ3) is 4.79. The molecule has 0 radical (unpaired) electrons. The quantitative estimate of drug-likeness (QED) is 0.577. The maximum Gasteiger partial charge on any atom is 0.272 e. The number of aryl methyl sites for hydroxylation is 1. The van der Waals surface area contributed by atoms with Crippen molar-refractivity contribution in [1.82, 2.24) is 20.6 Å². The van der Waals surface area contributed by atoms with Crippen LogP contribution in [0.4, 0.5) is 10.1 Å². The van der Waals surface area contributed by atoms with Crippen molar-refractivity contribution in [1.29, 1.82) is 0 Å². The first-order chi connectivity index (χ1) is 14.3. The number of H-pyrrole nitrogens is 1. The average Bonchev–Trinajstić information content (AvgIpc) is 3.22. The van der Waals surface area contributed by atoms with E-state index in [2.05, 4.69) is 25.9 Å². The molecule has 1 heterocycles. The van der Waals surface area contributed by atoms with Crippen molar-refractivity contribution >= 4 is 35.0 Å². The van der Waals surface area contributed by atoms with Gasteiger partial charge in [0, 0.05) is 19.0 Å². The number of rotatable bonds is 5. The zero-order valence-electron chi connectivity index (χ0n) is 16.6. The largest absolute Gasteiger partial charge is 0.354 e. The van der Waals surface area contributed by atoms with Crippen LogP contribution in [0.1, 0.15) is 52.2 Å². The molecular formula is C20H23ClFN5O3. The first-order valence-electron chi connectivity index (χ1n) is 9.63. The molecule has 3 rings (SSSR count). The standard InChI is InChI=1S/C20H23ClFN5O3/c1-10-7-15(13(21)8-14(10)22)27-18(28)11-3-5-12(6-4-11)26-20(30)17-16(19(29)23-2)24-9-25-17/h7-9,11-12H,3-6H2,1-2H3,(H,23,29)(H,24,25)(H,26,30)(H,27,28)/t11-,12-. The Morgan fingerprint density at radius 2 is 1.87 bits per heavy atom. The van der Waals surface area contributed by atoms with Gasteiger partial charge in [0.05, 0.1) is 17.0 Å². The van der Waals surface area contributed by atoms with Crippen LogP contribution in [0.25, 0.3) is 0 Å². The SMILES string of the molecule is CNC(=O)c1nc[nH]c1C(=O)N[C@H]1CC[C@H](C(=O)Nc2cc(C)c(F)cc2Cl)CC1. The second-order valence-electron chi connectivity index (χ2n) is 7.30. The first-order valence-corrected chi connectivity index (χ1v) is 10.0. The number of hydrogen-bond donors (Lipinski definition) is 4. The number of carbonyl (C=O) groups is 3. The van der Waals surface area contributed by atoms with E-state index in [-0.39, 0.29) is 34.3 Å². The molecule has 0 saturated heterocycles. The predicted molar refractivity (Wildman–Crippen MR) is 110 cm³/mol. The molecule has 0 bridgehead atoms. The Balaban J connectivity index is 1.54. The van der Waals surface area contributed by atoms with E-state index in [9.17, 15) is 18.8 Å². The van der Waals surface area contributed by atoms with Crippen molar-refractivity contribution in [3.8, 4) is 0 Å². The molecule has 30 heavy (non-hydrogen) atoms. The maximum atomic E-state index is 13.5. The molecule has 10 heteroatoms. The molecule has 0 spiro atoms. The van der Waals surface area contributed by atoms with Gasteiger partial charge >= 0.3 is 0 Å². The van der Waals surface area contributed by atoms with Gasteiger partial charge in [-0.2, -0.15) is 0 Å². The number of carbonyl (C=O) groups excluding carboxylic acids is 3. The number of aromatic amines is 1. The number of halogens is 2. The third-order valence-corrected chi connectivity index (χ3v) is 5.56. The van der Waals surface area contributed by atoms with Gasteiger partial charge in [0.25, 0.3) is 11.8 Å². The van der Waals surface area contributed by atoms with Gasteiger partial charge in [-0.1, -0.05) is 11.6 Å². The summed E-state index contributed by atoms with van der Waals surface area (Å²) in [4.78, 5) is 43.4. The topological polar surface area (TPSA) is 116 Å². The molecule has 1 aromatic carbocycles. The summed E-state index contributed by atoms with van der Waals surface area (Å²) in [5.74, 6) is -1.69. The van der Waals surface area contributed by atoms with Crippen molar-refractivity contribution in [2.24, 2.45) is 5.92 Å². The Morgan fingerprint density at radius 1 is 1.17 bits per heavy atom. The molecule has 1 aliphatic carbocycles. The summed E-state index contributed by atoms with van der Waals surface area (Å²) in [6, 6.07) is 2.58. The summed E-state index contributed by atoms with van der Waals surface area (Å²) in [5, 5.41) is 8.25. The molecule has 0 unspecified atom stereocenters. The highest BCUT2D eigenvalue weighted by Gasteiger charge is 2.29. The van der Waals surface area contributed by atoms with E-state index in [4.69, 9.17) is 11.6 Å². The van der Waals surface area contributed by atoms with Crippen LogP contribution in [0, 0.1) is 18.7 Å². The molecule has 0 atom stereocenters. The van der Waals surface area contributed by atoms with E-state index in [0.29, 0.717) is 36.9 Å². The van der Waals surface area contributed by atoms with Gasteiger partial charge < -0.3 is 20.9 Å². The van der Waals surface area contributed by atoms with Crippen LogP contribution in [0.3, 0.4) is 0 Å². The lowest BCUT2D eigenvalue weighted by Crippen LogP contribution is -2.40. The molecule has 1 aromatic heterocycles. The first kappa shape index (κ1) is 21.8. The molecular weight excluding hydrogens is 413 g/mol. The summed E-state index contributed by atoms with van der Waals surface area (Å²) in [6.45, 7) is 1.60.